The van der Waals surface area contributed by atoms with Crippen LogP contribution in [0.15, 0.2) is 39.9 Å². The van der Waals surface area contributed by atoms with Gasteiger partial charge in [-0.1, -0.05) is 29.4 Å². The molecular formula is C20H28O. The molecule has 0 N–H and O–H groups in total. The van der Waals surface area contributed by atoms with E-state index in [0.717, 1.165) is 37.2 Å². The highest BCUT2D eigenvalue weighted by Crippen LogP contribution is 2.28. The van der Waals surface area contributed by atoms with Gasteiger partial charge >= 0.3 is 0 Å². The molecule has 0 aliphatic carbocycles. The van der Waals surface area contributed by atoms with E-state index < -0.39 is 0 Å². The van der Waals surface area contributed by atoms with Crippen LogP contribution in [0.4, 0.5) is 0 Å². The second kappa shape index (κ2) is 6.98. The summed E-state index contributed by atoms with van der Waals surface area (Å²) in [7, 11) is 0. The second-order valence-corrected chi connectivity index (χ2v) is 6.62. The number of hydrogen-bond acceptors (Lipinski definition) is 1. The van der Waals surface area contributed by atoms with Crippen LogP contribution >= 0.6 is 0 Å². The van der Waals surface area contributed by atoms with E-state index in [1.165, 1.54) is 28.7 Å². The molecule has 114 valence electrons. The molecule has 0 saturated heterocycles. The minimum Gasteiger partial charge on any atom is -0.461 e. The van der Waals surface area contributed by atoms with Crippen LogP contribution in [0.25, 0.3) is 6.08 Å². The zero-order valence-corrected chi connectivity index (χ0v) is 14.0. The molecule has 1 aliphatic heterocycles. The average molecular weight is 284 g/mol. The minimum atomic E-state index is 0.511. The van der Waals surface area contributed by atoms with E-state index in [-0.39, 0.29) is 0 Å². The molecule has 0 amide bonds. The molecule has 0 saturated carbocycles. The van der Waals surface area contributed by atoms with Crippen molar-refractivity contribution >= 4 is 6.08 Å². The Morgan fingerprint density at radius 3 is 2.67 bits per heavy atom. The highest BCUT2D eigenvalue weighted by Gasteiger charge is 2.16. The van der Waals surface area contributed by atoms with Gasteiger partial charge in [-0.3, -0.25) is 0 Å². The SMILES string of the molecule is C=C(C)C1CC/C(C)=C/CC/C(C)=C/c2cc(C)c(o2)C1. The van der Waals surface area contributed by atoms with Gasteiger partial charge in [0.2, 0.25) is 0 Å². The Morgan fingerprint density at radius 2 is 1.95 bits per heavy atom. The van der Waals surface area contributed by atoms with Crippen molar-refractivity contribution in [1.29, 1.82) is 0 Å². The summed E-state index contributed by atoms with van der Waals surface area (Å²) in [6.45, 7) is 12.9. The van der Waals surface area contributed by atoms with Crippen molar-refractivity contribution in [3.8, 4) is 0 Å². The van der Waals surface area contributed by atoms with Crippen molar-refractivity contribution in [1.82, 2.24) is 0 Å². The third-order valence-corrected chi connectivity index (χ3v) is 4.48. The number of aryl methyl sites for hydroxylation is 1. The molecule has 1 unspecified atom stereocenters. The lowest BCUT2D eigenvalue weighted by molar-refractivity contribution is 0.446. The van der Waals surface area contributed by atoms with Gasteiger partial charge in [-0.15, -0.1) is 0 Å². The van der Waals surface area contributed by atoms with Crippen LogP contribution < -0.4 is 0 Å². The summed E-state index contributed by atoms with van der Waals surface area (Å²) in [6, 6.07) is 2.17. The van der Waals surface area contributed by atoms with Gasteiger partial charge in [0, 0.05) is 6.42 Å². The van der Waals surface area contributed by atoms with Crippen molar-refractivity contribution in [3.63, 3.8) is 0 Å². The summed E-state index contributed by atoms with van der Waals surface area (Å²) >= 11 is 0. The predicted molar refractivity (Wildman–Crippen MR) is 91.3 cm³/mol. The van der Waals surface area contributed by atoms with E-state index in [2.05, 4.69) is 52.5 Å². The molecule has 2 rings (SSSR count). The predicted octanol–water partition coefficient (Wildman–Crippen LogP) is 6.25. The summed E-state index contributed by atoms with van der Waals surface area (Å²) in [5.41, 5.74) is 5.42. The quantitative estimate of drug-likeness (QED) is 0.556. The maximum atomic E-state index is 6.07. The molecule has 0 spiro atoms. The monoisotopic (exact) mass is 284 g/mol. The fraction of sp³-hybridized carbons (Fsp3) is 0.500. The Labute approximate surface area is 129 Å². The first-order valence-electron chi connectivity index (χ1n) is 8.03. The standard InChI is InChI=1S/C20H28O/c1-14(2)18-10-9-15(3)7-6-8-16(4)11-19-12-17(5)20(13-18)21-19/h7,11-12,18H,1,6,8-10,13H2,2-5H3/b15-7+,16-11+. The van der Waals surface area contributed by atoms with Gasteiger partial charge in [0.05, 0.1) is 0 Å². The van der Waals surface area contributed by atoms with Crippen LogP contribution in [0.1, 0.15) is 63.5 Å². The lowest BCUT2D eigenvalue weighted by Gasteiger charge is -2.16. The molecule has 0 aromatic carbocycles. The Morgan fingerprint density at radius 1 is 1.19 bits per heavy atom. The van der Waals surface area contributed by atoms with Crippen molar-refractivity contribution < 1.29 is 4.42 Å². The van der Waals surface area contributed by atoms with Gasteiger partial charge in [-0.05, 0) is 77.0 Å². The van der Waals surface area contributed by atoms with Crippen molar-refractivity contribution in [2.75, 3.05) is 0 Å². The van der Waals surface area contributed by atoms with Gasteiger partial charge in [-0.25, -0.2) is 0 Å². The van der Waals surface area contributed by atoms with Gasteiger partial charge in [0.25, 0.3) is 0 Å². The summed E-state index contributed by atoms with van der Waals surface area (Å²) in [5, 5.41) is 0. The second-order valence-electron chi connectivity index (χ2n) is 6.62. The van der Waals surface area contributed by atoms with Crippen LogP contribution in [-0.4, -0.2) is 0 Å². The third kappa shape index (κ3) is 4.49. The van der Waals surface area contributed by atoms with Crippen molar-refractivity contribution in [3.05, 3.63) is 52.5 Å². The van der Waals surface area contributed by atoms with E-state index in [9.17, 15) is 0 Å². The molecule has 2 heterocycles. The number of hydrogen-bond donors (Lipinski definition) is 0. The molecule has 2 bridgehead atoms. The lowest BCUT2D eigenvalue weighted by Crippen LogP contribution is -2.06. The third-order valence-electron chi connectivity index (χ3n) is 4.48. The van der Waals surface area contributed by atoms with Gasteiger partial charge < -0.3 is 4.42 Å². The Bertz CT molecular complexity index is 569. The molecule has 0 radical (unpaired) electrons. The summed E-state index contributed by atoms with van der Waals surface area (Å²) in [6.07, 6.45) is 10.1. The zero-order valence-electron chi connectivity index (χ0n) is 14.0. The molecule has 1 aromatic heterocycles. The summed E-state index contributed by atoms with van der Waals surface area (Å²) in [5.74, 6) is 2.64. The summed E-state index contributed by atoms with van der Waals surface area (Å²) in [4.78, 5) is 0. The molecule has 1 atom stereocenters. The molecular weight excluding hydrogens is 256 g/mol. The van der Waals surface area contributed by atoms with Crippen molar-refractivity contribution in [2.45, 2.75) is 59.8 Å². The van der Waals surface area contributed by atoms with Crippen LogP contribution in [0.3, 0.4) is 0 Å². The van der Waals surface area contributed by atoms with Gasteiger partial charge in [-0.2, -0.15) is 0 Å². The van der Waals surface area contributed by atoms with Crippen LogP contribution in [0, 0.1) is 12.8 Å². The van der Waals surface area contributed by atoms with E-state index in [1.54, 1.807) is 0 Å². The number of allylic oxidation sites excluding steroid dienone is 4. The maximum Gasteiger partial charge on any atom is 0.127 e. The van der Waals surface area contributed by atoms with E-state index in [4.69, 9.17) is 4.42 Å². The molecule has 1 aliphatic rings. The fourth-order valence-electron chi connectivity index (χ4n) is 2.93. The number of furan rings is 1. The minimum absolute atomic E-state index is 0.511. The highest BCUT2D eigenvalue weighted by molar-refractivity contribution is 5.48. The molecule has 1 nitrogen and oxygen atoms in total. The van der Waals surface area contributed by atoms with Crippen LogP contribution in [-0.2, 0) is 6.42 Å². The summed E-state index contributed by atoms with van der Waals surface area (Å²) < 4.78 is 6.07. The van der Waals surface area contributed by atoms with E-state index >= 15 is 0 Å². The Balaban J connectivity index is 2.32. The number of fused-ring (bicyclic) bond motifs is 2. The van der Waals surface area contributed by atoms with Gasteiger partial charge in [0.15, 0.2) is 0 Å². The van der Waals surface area contributed by atoms with Gasteiger partial charge in [0.1, 0.15) is 11.5 Å². The van der Waals surface area contributed by atoms with E-state index in [0.29, 0.717) is 5.92 Å². The normalized spacial score (nSPS) is 25.6. The molecule has 1 heteroatoms. The lowest BCUT2D eigenvalue weighted by atomic mass is 9.89. The maximum absolute atomic E-state index is 6.07. The molecule has 1 aromatic rings. The van der Waals surface area contributed by atoms with E-state index in [1.807, 2.05) is 0 Å². The Hall–Kier alpha value is -1.50. The molecule has 0 fully saturated rings. The Kier molecular flexibility index (Phi) is 5.27. The molecule has 21 heavy (non-hydrogen) atoms. The topological polar surface area (TPSA) is 13.1 Å². The number of rotatable bonds is 1. The first kappa shape index (κ1) is 15.9. The smallest absolute Gasteiger partial charge is 0.127 e. The first-order valence-corrected chi connectivity index (χ1v) is 8.03. The first-order chi connectivity index (χ1) is 9.95. The largest absolute Gasteiger partial charge is 0.461 e. The fourth-order valence-corrected chi connectivity index (χ4v) is 2.93. The van der Waals surface area contributed by atoms with Crippen molar-refractivity contribution in [2.24, 2.45) is 5.92 Å². The zero-order chi connectivity index (χ0) is 15.4. The van der Waals surface area contributed by atoms with Crippen LogP contribution in [0.5, 0.6) is 0 Å². The average Bonchev–Trinajstić information content (AvgIpc) is 2.73. The highest BCUT2D eigenvalue weighted by atomic mass is 16.3. The van der Waals surface area contributed by atoms with Crippen LogP contribution in [0.2, 0.25) is 0 Å².